The molecule has 0 aliphatic heterocycles. The van der Waals surface area contributed by atoms with Gasteiger partial charge in [-0.1, -0.05) is 26.0 Å². The monoisotopic (exact) mass is 288 g/mol. The molecule has 0 saturated carbocycles. The van der Waals surface area contributed by atoms with Crippen LogP contribution < -0.4 is 5.32 Å². The van der Waals surface area contributed by atoms with Gasteiger partial charge in [0.2, 0.25) is 0 Å². The molecule has 2 aromatic rings. The highest BCUT2D eigenvalue weighted by Gasteiger charge is 2.07. The Bertz CT molecular complexity index is 546. The van der Waals surface area contributed by atoms with Crippen LogP contribution in [0.25, 0.3) is 0 Å². The number of thiocarbonyl (C=S) groups is 1. The van der Waals surface area contributed by atoms with Crippen molar-refractivity contribution in [2.24, 2.45) is 0 Å². The van der Waals surface area contributed by atoms with Crippen molar-refractivity contribution < 1.29 is 4.42 Å². The molecule has 0 aliphatic rings. The summed E-state index contributed by atoms with van der Waals surface area (Å²) in [5.74, 6) is 1.43. The lowest BCUT2D eigenvalue weighted by molar-refractivity contribution is 0.414. The van der Waals surface area contributed by atoms with Crippen molar-refractivity contribution in [3.63, 3.8) is 0 Å². The van der Waals surface area contributed by atoms with Crippen LogP contribution >= 0.6 is 12.2 Å². The van der Waals surface area contributed by atoms with E-state index < -0.39 is 0 Å². The lowest BCUT2D eigenvalue weighted by atomic mass is 10.0. The summed E-state index contributed by atoms with van der Waals surface area (Å²) in [6.45, 7) is 5.03. The minimum Gasteiger partial charge on any atom is -0.467 e. The van der Waals surface area contributed by atoms with Crippen LogP contribution in [-0.4, -0.2) is 17.1 Å². The molecular formula is C16H20N2OS. The van der Waals surface area contributed by atoms with E-state index in [0.29, 0.717) is 17.6 Å². The summed E-state index contributed by atoms with van der Waals surface area (Å²) in [4.78, 5) is 1.95. The molecule has 0 amide bonds. The van der Waals surface area contributed by atoms with Gasteiger partial charge in [0.25, 0.3) is 0 Å². The van der Waals surface area contributed by atoms with Gasteiger partial charge in [0, 0.05) is 12.7 Å². The largest absolute Gasteiger partial charge is 0.467 e. The third kappa shape index (κ3) is 3.84. The molecule has 0 atom stereocenters. The molecule has 4 heteroatoms. The van der Waals surface area contributed by atoms with Crippen molar-refractivity contribution in [3.8, 4) is 0 Å². The standard InChI is InChI=1S/C16H20N2OS/c1-12(2)13-6-8-14(9-7-13)17-16(20)18(3)11-15-5-4-10-19-15/h4-10,12H,11H2,1-3H3,(H,17,20). The number of anilines is 1. The lowest BCUT2D eigenvalue weighted by Crippen LogP contribution is -2.30. The summed E-state index contributed by atoms with van der Waals surface area (Å²) in [5.41, 5.74) is 2.33. The van der Waals surface area contributed by atoms with E-state index in [-0.39, 0.29) is 0 Å². The van der Waals surface area contributed by atoms with Crippen molar-refractivity contribution in [1.82, 2.24) is 4.90 Å². The van der Waals surface area contributed by atoms with Crippen LogP contribution in [0.3, 0.4) is 0 Å². The first-order chi connectivity index (χ1) is 9.56. The Balaban J connectivity index is 1.93. The number of hydrogen-bond acceptors (Lipinski definition) is 2. The lowest BCUT2D eigenvalue weighted by Gasteiger charge is -2.20. The first kappa shape index (κ1) is 14.6. The van der Waals surface area contributed by atoms with Crippen LogP contribution in [-0.2, 0) is 6.54 Å². The molecule has 0 fully saturated rings. The average Bonchev–Trinajstić information content (AvgIpc) is 2.92. The van der Waals surface area contributed by atoms with Crippen LogP contribution in [0.4, 0.5) is 5.69 Å². The molecule has 0 spiro atoms. The molecule has 2 rings (SSSR count). The van der Waals surface area contributed by atoms with Crippen LogP contribution in [0.1, 0.15) is 31.1 Å². The molecule has 1 N–H and O–H groups in total. The molecule has 20 heavy (non-hydrogen) atoms. The predicted octanol–water partition coefficient (Wildman–Crippen LogP) is 4.23. The number of nitrogens with one attached hydrogen (secondary N) is 1. The number of nitrogens with zero attached hydrogens (tertiary/aromatic N) is 1. The van der Waals surface area contributed by atoms with Gasteiger partial charge in [-0.15, -0.1) is 0 Å². The fraction of sp³-hybridized carbons (Fsp3) is 0.312. The van der Waals surface area contributed by atoms with Gasteiger partial charge >= 0.3 is 0 Å². The number of benzene rings is 1. The van der Waals surface area contributed by atoms with Gasteiger partial charge in [-0.05, 0) is 48.0 Å². The number of hydrogen-bond donors (Lipinski definition) is 1. The number of rotatable bonds is 4. The summed E-state index contributed by atoms with van der Waals surface area (Å²) < 4.78 is 5.32. The van der Waals surface area contributed by atoms with Crippen LogP contribution in [0.5, 0.6) is 0 Å². The third-order valence-electron chi connectivity index (χ3n) is 3.15. The highest BCUT2D eigenvalue weighted by Crippen LogP contribution is 2.17. The van der Waals surface area contributed by atoms with Crippen LogP contribution in [0.2, 0.25) is 0 Å². The van der Waals surface area contributed by atoms with Gasteiger partial charge in [0.05, 0.1) is 12.8 Å². The third-order valence-corrected chi connectivity index (χ3v) is 3.56. The highest BCUT2D eigenvalue weighted by molar-refractivity contribution is 7.80. The van der Waals surface area contributed by atoms with E-state index in [1.54, 1.807) is 6.26 Å². The second kappa shape index (κ2) is 6.57. The Morgan fingerprint density at radius 2 is 1.95 bits per heavy atom. The normalized spacial score (nSPS) is 10.6. The Morgan fingerprint density at radius 1 is 1.25 bits per heavy atom. The number of furan rings is 1. The summed E-state index contributed by atoms with van der Waals surface area (Å²) >= 11 is 5.39. The zero-order valence-corrected chi connectivity index (χ0v) is 12.9. The molecule has 0 saturated heterocycles. The topological polar surface area (TPSA) is 28.4 Å². The molecule has 1 heterocycles. The predicted molar refractivity (Wildman–Crippen MR) is 86.9 cm³/mol. The summed E-state index contributed by atoms with van der Waals surface area (Å²) in [5, 5.41) is 3.92. The first-order valence-electron chi connectivity index (χ1n) is 6.70. The second-order valence-corrected chi connectivity index (χ2v) is 5.53. The average molecular weight is 288 g/mol. The molecule has 1 aromatic carbocycles. The van der Waals surface area contributed by atoms with E-state index in [0.717, 1.165) is 11.4 Å². The molecular weight excluding hydrogens is 268 g/mol. The fourth-order valence-corrected chi connectivity index (χ4v) is 2.06. The van der Waals surface area contributed by atoms with Gasteiger partial charge in [-0.25, -0.2) is 0 Å². The van der Waals surface area contributed by atoms with Gasteiger partial charge < -0.3 is 14.6 Å². The summed E-state index contributed by atoms with van der Waals surface area (Å²) in [7, 11) is 1.94. The van der Waals surface area contributed by atoms with Crippen LogP contribution in [0.15, 0.2) is 47.1 Å². The van der Waals surface area contributed by atoms with Gasteiger partial charge in [-0.3, -0.25) is 0 Å². The second-order valence-electron chi connectivity index (χ2n) is 5.14. The first-order valence-corrected chi connectivity index (χ1v) is 7.11. The molecule has 1 aromatic heterocycles. The van der Waals surface area contributed by atoms with Crippen LogP contribution in [0, 0.1) is 0 Å². The van der Waals surface area contributed by atoms with E-state index in [4.69, 9.17) is 16.6 Å². The van der Waals surface area contributed by atoms with Gasteiger partial charge in [0.1, 0.15) is 5.76 Å². The molecule has 106 valence electrons. The maximum absolute atomic E-state index is 5.39. The van der Waals surface area contributed by atoms with Crippen molar-refractivity contribution in [1.29, 1.82) is 0 Å². The van der Waals surface area contributed by atoms with Crippen molar-refractivity contribution in [3.05, 3.63) is 54.0 Å². The van der Waals surface area contributed by atoms with E-state index in [1.165, 1.54) is 5.56 Å². The maximum atomic E-state index is 5.39. The smallest absolute Gasteiger partial charge is 0.173 e. The zero-order chi connectivity index (χ0) is 14.5. The molecule has 0 bridgehead atoms. The van der Waals surface area contributed by atoms with Crippen molar-refractivity contribution in [2.75, 3.05) is 12.4 Å². The van der Waals surface area contributed by atoms with Gasteiger partial charge in [-0.2, -0.15) is 0 Å². The molecule has 0 aliphatic carbocycles. The quantitative estimate of drug-likeness (QED) is 0.852. The zero-order valence-electron chi connectivity index (χ0n) is 12.1. The fourth-order valence-electron chi connectivity index (χ4n) is 1.88. The Kier molecular flexibility index (Phi) is 4.79. The van der Waals surface area contributed by atoms with Gasteiger partial charge in [0.15, 0.2) is 5.11 Å². The van der Waals surface area contributed by atoms with E-state index >= 15 is 0 Å². The summed E-state index contributed by atoms with van der Waals surface area (Å²) in [6.07, 6.45) is 1.67. The molecule has 3 nitrogen and oxygen atoms in total. The Morgan fingerprint density at radius 3 is 2.50 bits per heavy atom. The van der Waals surface area contributed by atoms with E-state index in [9.17, 15) is 0 Å². The minimum atomic E-state index is 0.539. The van der Waals surface area contributed by atoms with E-state index in [2.05, 4.69) is 43.4 Å². The maximum Gasteiger partial charge on any atom is 0.173 e. The minimum absolute atomic E-state index is 0.539. The Labute approximate surface area is 125 Å². The molecule has 0 unspecified atom stereocenters. The van der Waals surface area contributed by atoms with Crippen molar-refractivity contribution >= 4 is 23.0 Å². The molecule has 0 radical (unpaired) electrons. The van der Waals surface area contributed by atoms with Crippen molar-refractivity contribution in [2.45, 2.75) is 26.3 Å². The highest BCUT2D eigenvalue weighted by atomic mass is 32.1. The Hall–Kier alpha value is -1.81. The SMILES string of the molecule is CC(C)c1ccc(NC(=S)N(C)Cc2ccco2)cc1. The summed E-state index contributed by atoms with van der Waals surface area (Å²) in [6, 6.07) is 12.2. The van der Waals surface area contributed by atoms with E-state index in [1.807, 2.05) is 24.1 Å².